The first-order valence-corrected chi connectivity index (χ1v) is 5.70. The molecule has 0 saturated carbocycles. The Labute approximate surface area is 111 Å². The van der Waals surface area contributed by atoms with E-state index in [1.54, 1.807) is 36.4 Å². The topological polar surface area (TPSA) is 79.7 Å². The van der Waals surface area contributed by atoms with Gasteiger partial charge in [0.25, 0.3) is 0 Å². The standard InChI is InChI=1S/C14H16N2O3/c1-17-13-9(15)5-3-7-11(13)19-12-8-4-6-10(16)14(12)18-2/h3-8H,15-16H2,1-2H3. The zero-order valence-electron chi connectivity index (χ0n) is 10.8. The zero-order valence-corrected chi connectivity index (χ0v) is 10.8. The first kappa shape index (κ1) is 12.9. The smallest absolute Gasteiger partial charge is 0.184 e. The average molecular weight is 260 g/mol. The highest BCUT2D eigenvalue weighted by Gasteiger charge is 2.13. The van der Waals surface area contributed by atoms with Gasteiger partial charge in [0.2, 0.25) is 0 Å². The maximum absolute atomic E-state index is 5.83. The van der Waals surface area contributed by atoms with Gasteiger partial charge in [-0.15, -0.1) is 0 Å². The fourth-order valence-corrected chi connectivity index (χ4v) is 1.78. The van der Waals surface area contributed by atoms with Crippen molar-refractivity contribution in [2.24, 2.45) is 0 Å². The molecule has 0 bridgehead atoms. The summed E-state index contributed by atoms with van der Waals surface area (Å²) in [6.45, 7) is 0. The first-order chi connectivity index (χ1) is 9.17. The highest BCUT2D eigenvalue weighted by atomic mass is 16.5. The minimum atomic E-state index is 0.479. The highest BCUT2D eigenvalue weighted by Crippen LogP contribution is 2.41. The molecule has 19 heavy (non-hydrogen) atoms. The summed E-state index contributed by atoms with van der Waals surface area (Å²) in [6.07, 6.45) is 0. The van der Waals surface area contributed by atoms with Crippen molar-refractivity contribution < 1.29 is 14.2 Å². The molecule has 0 fully saturated rings. The molecule has 4 N–H and O–H groups in total. The molecular weight excluding hydrogens is 244 g/mol. The minimum absolute atomic E-state index is 0.479. The molecule has 0 aliphatic rings. The average Bonchev–Trinajstić information content (AvgIpc) is 2.39. The zero-order chi connectivity index (χ0) is 13.8. The SMILES string of the molecule is COc1c(N)cccc1Oc1cccc(N)c1OC. The van der Waals surface area contributed by atoms with Crippen molar-refractivity contribution in [2.75, 3.05) is 25.7 Å². The van der Waals surface area contributed by atoms with Gasteiger partial charge in [-0.05, 0) is 24.3 Å². The normalized spacial score (nSPS) is 10.0. The molecule has 5 heteroatoms. The van der Waals surface area contributed by atoms with Crippen LogP contribution in [0.1, 0.15) is 0 Å². The molecule has 0 radical (unpaired) electrons. The van der Waals surface area contributed by atoms with Gasteiger partial charge in [0, 0.05) is 0 Å². The molecule has 2 aromatic carbocycles. The van der Waals surface area contributed by atoms with Gasteiger partial charge in [0.15, 0.2) is 23.0 Å². The van der Waals surface area contributed by atoms with Gasteiger partial charge in [-0.25, -0.2) is 0 Å². The molecule has 0 atom stereocenters. The van der Waals surface area contributed by atoms with Gasteiger partial charge in [-0.1, -0.05) is 12.1 Å². The van der Waals surface area contributed by atoms with Crippen molar-refractivity contribution >= 4 is 11.4 Å². The molecule has 2 rings (SSSR count). The molecule has 0 aromatic heterocycles. The predicted molar refractivity (Wildman–Crippen MR) is 74.9 cm³/mol. The number of para-hydroxylation sites is 2. The first-order valence-electron chi connectivity index (χ1n) is 5.70. The molecule has 2 aromatic rings. The number of hydrogen-bond donors (Lipinski definition) is 2. The molecule has 100 valence electrons. The maximum atomic E-state index is 5.83. The number of anilines is 2. The van der Waals surface area contributed by atoms with Gasteiger partial charge in [-0.3, -0.25) is 0 Å². The van der Waals surface area contributed by atoms with E-state index in [0.717, 1.165) is 0 Å². The van der Waals surface area contributed by atoms with E-state index in [9.17, 15) is 0 Å². The minimum Gasteiger partial charge on any atom is -0.491 e. The molecule has 0 spiro atoms. The van der Waals surface area contributed by atoms with Gasteiger partial charge < -0.3 is 25.7 Å². The van der Waals surface area contributed by atoms with Crippen molar-refractivity contribution in [1.82, 2.24) is 0 Å². The maximum Gasteiger partial charge on any atom is 0.184 e. The molecule has 0 saturated heterocycles. The summed E-state index contributed by atoms with van der Waals surface area (Å²) in [5, 5.41) is 0. The van der Waals surface area contributed by atoms with Gasteiger partial charge in [-0.2, -0.15) is 0 Å². The third-order valence-corrected chi connectivity index (χ3v) is 2.65. The Morgan fingerprint density at radius 2 is 1.16 bits per heavy atom. The van der Waals surface area contributed by atoms with Crippen LogP contribution in [-0.4, -0.2) is 14.2 Å². The number of nitrogens with two attached hydrogens (primary N) is 2. The van der Waals surface area contributed by atoms with Gasteiger partial charge in [0.05, 0.1) is 25.6 Å². The second-order valence-corrected chi connectivity index (χ2v) is 3.86. The van der Waals surface area contributed by atoms with E-state index in [0.29, 0.717) is 34.4 Å². The van der Waals surface area contributed by atoms with E-state index in [4.69, 9.17) is 25.7 Å². The van der Waals surface area contributed by atoms with Crippen molar-refractivity contribution in [3.63, 3.8) is 0 Å². The summed E-state index contributed by atoms with van der Waals surface area (Å²) in [6, 6.07) is 10.6. The third-order valence-electron chi connectivity index (χ3n) is 2.65. The summed E-state index contributed by atoms with van der Waals surface area (Å²) in [5.74, 6) is 1.97. The van der Waals surface area contributed by atoms with Crippen LogP contribution in [0.15, 0.2) is 36.4 Å². The lowest BCUT2D eigenvalue weighted by Crippen LogP contribution is -1.98. The fraction of sp³-hybridized carbons (Fsp3) is 0.143. The largest absolute Gasteiger partial charge is 0.491 e. The molecule has 0 unspecified atom stereocenters. The number of rotatable bonds is 4. The van der Waals surface area contributed by atoms with Crippen LogP contribution < -0.4 is 25.7 Å². The van der Waals surface area contributed by atoms with E-state index in [2.05, 4.69) is 0 Å². The summed E-state index contributed by atoms with van der Waals surface area (Å²) >= 11 is 0. The number of ether oxygens (including phenoxy) is 3. The monoisotopic (exact) mass is 260 g/mol. The summed E-state index contributed by atoms with van der Waals surface area (Å²) in [7, 11) is 3.07. The van der Waals surface area contributed by atoms with E-state index in [1.807, 2.05) is 0 Å². The van der Waals surface area contributed by atoms with Crippen molar-refractivity contribution in [3.05, 3.63) is 36.4 Å². The van der Waals surface area contributed by atoms with Crippen LogP contribution in [0, 0.1) is 0 Å². The van der Waals surface area contributed by atoms with E-state index in [1.165, 1.54) is 14.2 Å². The Kier molecular flexibility index (Phi) is 3.66. The van der Waals surface area contributed by atoms with Gasteiger partial charge >= 0.3 is 0 Å². The number of nitrogen functional groups attached to an aromatic ring is 2. The summed E-state index contributed by atoms with van der Waals surface area (Å²) < 4.78 is 16.2. The van der Waals surface area contributed by atoms with Crippen molar-refractivity contribution in [3.8, 4) is 23.0 Å². The Balaban J connectivity index is 2.42. The fourth-order valence-electron chi connectivity index (χ4n) is 1.78. The van der Waals surface area contributed by atoms with E-state index >= 15 is 0 Å². The highest BCUT2D eigenvalue weighted by molar-refractivity contribution is 5.64. The number of benzene rings is 2. The van der Waals surface area contributed by atoms with E-state index < -0.39 is 0 Å². The van der Waals surface area contributed by atoms with Crippen LogP contribution in [0.25, 0.3) is 0 Å². The lowest BCUT2D eigenvalue weighted by Gasteiger charge is -2.15. The van der Waals surface area contributed by atoms with Crippen LogP contribution in [0.3, 0.4) is 0 Å². The third kappa shape index (κ3) is 2.49. The van der Waals surface area contributed by atoms with Crippen LogP contribution in [0.5, 0.6) is 23.0 Å². The molecule has 0 aliphatic carbocycles. The summed E-state index contributed by atoms with van der Waals surface area (Å²) in [4.78, 5) is 0. The van der Waals surface area contributed by atoms with Crippen LogP contribution >= 0.6 is 0 Å². The lowest BCUT2D eigenvalue weighted by atomic mass is 10.2. The van der Waals surface area contributed by atoms with Gasteiger partial charge in [0.1, 0.15) is 0 Å². The molecule has 0 aliphatic heterocycles. The molecule has 0 amide bonds. The second kappa shape index (κ2) is 5.39. The van der Waals surface area contributed by atoms with Crippen LogP contribution in [0.4, 0.5) is 11.4 Å². The second-order valence-electron chi connectivity index (χ2n) is 3.86. The number of hydrogen-bond acceptors (Lipinski definition) is 5. The Morgan fingerprint density at radius 1 is 0.737 bits per heavy atom. The Morgan fingerprint density at radius 3 is 1.53 bits per heavy atom. The quantitative estimate of drug-likeness (QED) is 0.826. The lowest BCUT2D eigenvalue weighted by molar-refractivity contribution is 0.358. The Hall–Kier alpha value is -2.56. The van der Waals surface area contributed by atoms with Crippen molar-refractivity contribution in [1.29, 1.82) is 0 Å². The Bertz CT molecular complexity index is 533. The van der Waals surface area contributed by atoms with E-state index in [-0.39, 0.29) is 0 Å². The van der Waals surface area contributed by atoms with Crippen LogP contribution in [-0.2, 0) is 0 Å². The molecular formula is C14H16N2O3. The summed E-state index contributed by atoms with van der Waals surface area (Å²) in [5.41, 5.74) is 12.7. The van der Waals surface area contributed by atoms with Crippen LogP contribution in [0.2, 0.25) is 0 Å². The molecule has 0 heterocycles. The van der Waals surface area contributed by atoms with Crippen molar-refractivity contribution in [2.45, 2.75) is 0 Å². The molecule has 5 nitrogen and oxygen atoms in total. The predicted octanol–water partition coefficient (Wildman–Crippen LogP) is 2.66. The number of methoxy groups -OCH3 is 2.